The fraction of sp³-hybridized carbons (Fsp3) is 0.480. The fourth-order valence-corrected chi connectivity index (χ4v) is 9.35. The molecule has 0 aromatic heterocycles. The average molecular weight is 505 g/mol. The number of hydrogen-bond donors (Lipinski definition) is 1. The van der Waals surface area contributed by atoms with Crippen LogP contribution in [0.4, 0.5) is 0 Å². The maximum atomic E-state index is 11.3. The van der Waals surface area contributed by atoms with E-state index in [2.05, 4.69) is 62.7 Å². The van der Waals surface area contributed by atoms with Gasteiger partial charge in [0.05, 0.1) is 25.2 Å². The second-order valence-corrected chi connectivity index (χ2v) is 12.5. The molecule has 2 aromatic carbocycles. The van der Waals surface area contributed by atoms with Gasteiger partial charge in [0.1, 0.15) is 10.9 Å². The summed E-state index contributed by atoms with van der Waals surface area (Å²) in [7, 11) is 1.91. The third-order valence-corrected chi connectivity index (χ3v) is 10.7. The van der Waals surface area contributed by atoms with Gasteiger partial charge >= 0.3 is 0 Å². The first-order valence-corrected chi connectivity index (χ1v) is 14.7. The monoisotopic (exact) mass is 504 g/mol. The molecule has 3 unspecified atom stereocenters. The maximum absolute atomic E-state index is 11.3. The Morgan fingerprint density at radius 2 is 1.61 bits per heavy atom. The summed E-state index contributed by atoms with van der Waals surface area (Å²) >= 11 is 0. The Kier molecular flexibility index (Phi) is 10.1. The van der Waals surface area contributed by atoms with Crippen LogP contribution >= 0.6 is 30.1 Å². The number of nitrogens with zero attached hydrogens (tertiary/aromatic N) is 2. The lowest BCUT2D eigenvalue weighted by Gasteiger charge is -2.48. The summed E-state index contributed by atoms with van der Waals surface area (Å²) in [4.78, 5) is 0. The van der Waals surface area contributed by atoms with Gasteiger partial charge in [0.2, 0.25) is 0 Å². The lowest BCUT2D eigenvalue weighted by Crippen LogP contribution is -2.50. The Labute approximate surface area is 207 Å². The van der Waals surface area contributed by atoms with Crippen molar-refractivity contribution >= 4 is 30.1 Å². The predicted octanol–water partition coefficient (Wildman–Crippen LogP) is 6.35. The summed E-state index contributed by atoms with van der Waals surface area (Å²) in [5.74, 6) is 0.571. The van der Waals surface area contributed by atoms with E-state index in [0.717, 1.165) is 11.1 Å². The Balaban J connectivity index is 2.09. The smallest absolute Gasteiger partial charge is 0.259 e. The van der Waals surface area contributed by atoms with Crippen LogP contribution in [0, 0.1) is 11.3 Å². The second kappa shape index (κ2) is 12.6. The van der Waals surface area contributed by atoms with Gasteiger partial charge in [-0.1, -0.05) is 82.3 Å². The number of aliphatic hydroxyl groups is 1. The molecular formula is C25H33N2O3PS2. The standard InChI is InChI=1S/C25H33N2O3PS2/c1-19(2)27(20(3)4)31(29-17-11-16-26)30-24-23(28)18-32-33-25(24,21-12-7-5-8-13-21)22-14-9-6-10-15-22/h5-10,12-15,19-20,23-24,28H,11,17-18H2,1-4H3. The van der Waals surface area contributed by atoms with E-state index < -0.39 is 25.5 Å². The molecular weight excluding hydrogens is 471 g/mol. The Hall–Kier alpha value is -1.10. The van der Waals surface area contributed by atoms with Gasteiger partial charge in [-0.15, -0.1) is 0 Å². The Bertz CT molecular complexity index is 848. The summed E-state index contributed by atoms with van der Waals surface area (Å²) in [6, 6.07) is 23.1. The van der Waals surface area contributed by atoms with Crippen LogP contribution in [0.2, 0.25) is 0 Å². The van der Waals surface area contributed by atoms with E-state index in [4.69, 9.17) is 14.3 Å². The fourth-order valence-electron chi connectivity index (χ4n) is 4.10. The minimum Gasteiger partial charge on any atom is -0.389 e. The highest BCUT2D eigenvalue weighted by Gasteiger charge is 2.52. The zero-order valence-corrected chi connectivity index (χ0v) is 22.2. The lowest BCUT2D eigenvalue weighted by atomic mass is 9.83. The first-order valence-electron chi connectivity index (χ1n) is 11.3. The number of hydrogen-bond acceptors (Lipinski definition) is 7. The van der Waals surface area contributed by atoms with Crippen LogP contribution in [0.5, 0.6) is 0 Å². The number of rotatable bonds is 10. The van der Waals surface area contributed by atoms with E-state index >= 15 is 0 Å². The van der Waals surface area contributed by atoms with Crippen LogP contribution in [0.15, 0.2) is 60.7 Å². The van der Waals surface area contributed by atoms with E-state index in [1.54, 1.807) is 21.6 Å². The zero-order valence-electron chi connectivity index (χ0n) is 19.6. The molecule has 1 aliphatic rings. The molecule has 1 fully saturated rings. The molecule has 178 valence electrons. The van der Waals surface area contributed by atoms with Gasteiger partial charge in [0.15, 0.2) is 0 Å². The van der Waals surface area contributed by atoms with Gasteiger partial charge in [-0.3, -0.25) is 0 Å². The quantitative estimate of drug-likeness (QED) is 0.230. The molecule has 1 aliphatic heterocycles. The van der Waals surface area contributed by atoms with Crippen molar-refractivity contribution in [3.63, 3.8) is 0 Å². The van der Waals surface area contributed by atoms with Crippen molar-refractivity contribution in [3.05, 3.63) is 71.8 Å². The van der Waals surface area contributed by atoms with E-state index in [0.29, 0.717) is 18.8 Å². The topological polar surface area (TPSA) is 65.7 Å². The molecule has 0 spiro atoms. The van der Waals surface area contributed by atoms with Crippen molar-refractivity contribution in [2.75, 3.05) is 12.4 Å². The molecule has 3 rings (SSSR count). The van der Waals surface area contributed by atoms with Crippen molar-refractivity contribution in [1.29, 1.82) is 5.26 Å². The second-order valence-electron chi connectivity index (χ2n) is 8.48. The Morgan fingerprint density at radius 3 is 2.09 bits per heavy atom. The molecule has 3 atom stereocenters. The summed E-state index contributed by atoms with van der Waals surface area (Å²) in [5.41, 5.74) is 2.18. The molecule has 0 radical (unpaired) electrons. The number of benzene rings is 2. The number of nitriles is 1. The molecule has 1 N–H and O–H groups in total. The van der Waals surface area contributed by atoms with Crippen molar-refractivity contribution in [2.45, 2.75) is 63.2 Å². The molecule has 0 aliphatic carbocycles. The van der Waals surface area contributed by atoms with Crippen LogP contribution < -0.4 is 0 Å². The summed E-state index contributed by atoms with van der Waals surface area (Å²) in [5, 5.41) is 20.4. The van der Waals surface area contributed by atoms with E-state index in [-0.39, 0.29) is 12.1 Å². The van der Waals surface area contributed by atoms with Gasteiger partial charge in [0, 0.05) is 17.8 Å². The van der Waals surface area contributed by atoms with Gasteiger partial charge in [0.25, 0.3) is 8.53 Å². The molecule has 0 bridgehead atoms. The maximum Gasteiger partial charge on any atom is 0.259 e. The van der Waals surface area contributed by atoms with Gasteiger partial charge in [-0.25, -0.2) is 4.67 Å². The summed E-state index contributed by atoms with van der Waals surface area (Å²) in [6.07, 6.45) is -0.906. The summed E-state index contributed by atoms with van der Waals surface area (Å²) < 4.78 is 14.6. The van der Waals surface area contributed by atoms with Crippen molar-refractivity contribution < 1.29 is 14.2 Å². The average Bonchev–Trinajstić information content (AvgIpc) is 2.81. The predicted molar refractivity (Wildman–Crippen MR) is 140 cm³/mol. The van der Waals surface area contributed by atoms with Gasteiger partial charge in [-0.05, 0) is 38.8 Å². The third-order valence-electron chi connectivity index (χ3n) is 5.45. The van der Waals surface area contributed by atoms with E-state index in [9.17, 15) is 5.11 Å². The van der Waals surface area contributed by atoms with Crippen LogP contribution in [-0.2, 0) is 13.8 Å². The van der Waals surface area contributed by atoms with Crippen LogP contribution in [0.1, 0.15) is 45.2 Å². The highest BCUT2D eigenvalue weighted by molar-refractivity contribution is 8.77. The minimum atomic E-state index is -1.50. The molecule has 2 aromatic rings. The van der Waals surface area contributed by atoms with E-state index in [1.807, 2.05) is 36.4 Å². The Morgan fingerprint density at radius 1 is 1.06 bits per heavy atom. The summed E-state index contributed by atoms with van der Waals surface area (Å²) in [6.45, 7) is 8.78. The molecule has 0 saturated carbocycles. The van der Waals surface area contributed by atoms with Gasteiger partial charge in [-0.2, -0.15) is 5.26 Å². The minimum absolute atomic E-state index is 0.184. The van der Waals surface area contributed by atoms with Crippen molar-refractivity contribution in [2.24, 2.45) is 0 Å². The molecule has 33 heavy (non-hydrogen) atoms. The number of aliphatic hydroxyl groups excluding tert-OH is 1. The zero-order chi connectivity index (χ0) is 23.8. The first kappa shape index (κ1) is 26.5. The molecule has 1 saturated heterocycles. The normalized spacial score (nSPS) is 21.3. The highest BCUT2D eigenvalue weighted by Crippen LogP contribution is 2.60. The molecule has 1 heterocycles. The lowest BCUT2D eigenvalue weighted by molar-refractivity contribution is 0.0187. The third kappa shape index (κ3) is 6.13. The van der Waals surface area contributed by atoms with Crippen LogP contribution in [0.3, 0.4) is 0 Å². The SMILES string of the molecule is CC(C)N(C(C)C)P(OCCC#N)OC1C(O)CSSC1(c1ccccc1)c1ccccc1. The van der Waals surface area contributed by atoms with E-state index in [1.165, 1.54) is 0 Å². The molecule has 8 heteroatoms. The molecule has 5 nitrogen and oxygen atoms in total. The molecule has 0 amide bonds. The van der Waals surface area contributed by atoms with Crippen molar-refractivity contribution in [3.8, 4) is 6.07 Å². The highest BCUT2D eigenvalue weighted by atomic mass is 33.1. The first-order chi connectivity index (χ1) is 15.9. The van der Waals surface area contributed by atoms with Crippen LogP contribution in [-0.4, -0.2) is 46.4 Å². The van der Waals surface area contributed by atoms with Gasteiger partial charge < -0.3 is 14.2 Å². The largest absolute Gasteiger partial charge is 0.389 e. The van der Waals surface area contributed by atoms with Crippen molar-refractivity contribution in [1.82, 2.24) is 4.67 Å². The van der Waals surface area contributed by atoms with Crippen LogP contribution in [0.25, 0.3) is 0 Å².